The number of carbonyl (C=O) groups excluding carboxylic acids is 1. The molecule has 0 unspecified atom stereocenters. The molecule has 0 spiro atoms. The SMILES string of the molecule is O=C(O[C@@H]1/C(=C/c2ccccc2F)N2CCC1CC2)c1c(F)cccc1F. The average Bonchev–Trinajstić information content (AvgIpc) is 2.66. The van der Waals surface area contributed by atoms with Gasteiger partial charge in [-0.2, -0.15) is 0 Å². The number of piperidine rings is 3. The second-order valence-electron chi connectivity index (χ2n) is 6.84. The normalized spacial score (nSPS) is 22.9. The van der Waals surface area contributed by atoms with Crippen molar-refractivity contribution in [2.24, 2.45) is 5.92 Å². The van der Waals surface area contributed by atoms with E-state index in [2.05, 4.69) is 0 Å². The van der Waals surface area contributed by atoms with E-state index in [9.17, 15) is 18.0 Å². The zero-order chi connectivity index (χ0) is 19.0. The summed E-state index contributed by atoms with van der Waals surface area (Å²) in [5.74, 6) is -3.28. The smallest absolute Gasteiger partial charge is 0.344 e. The van der Waals surface area contributed by atoms with Gasteiger partial charge in [0, 0.05) is 24.6 Å². The molecule has 0 aromatic heterocycles. The highest BCUT2D eigenvalue weighted by Crippen LogP contribution is 2.38. The summed E-state index contributed by atoms with van der Waals surface area (Å²) in [5.41, 5.74) is 0.366. The topological polar surface area (TPSA) is 29.5 Å². The number of fused-ring (bicyclic) bond motifs is 3. The summed E-state index contributed by atoms with van der Waals surface area (Å²) in [6, 6.07) is 9.56. The highest BCUT2D eigenvalue weighted by molar-refractivity contribution is 5.90. The molecule has 1 atom stereocenters. The highest BCUT2D eigenvalue weighted by Gasteiger charge is 2.41. The van der Waals surface area contributed by atoms with Gasteiger partial charge in [0.1, 0.15) is 29.1 Å². The van der Waals surface area contributed by atoms with Crippen LogP contribution in [0.3, 0.4) is 0 Å². The molecule has 2 aromatic carbocycles. The first kappa shape index (κ1) is 17.6. The van der Waals surface area contributed by atoms with E-state index in [1.165, 1.54) is 12.1 Å². The van der Waals surface area contributed by atoms with E-state index in [0.29, 0.717) is 11.3 Å². The summed E-state index contributed by atoms with van der Waals surface area (Å²) in [5, 5.41) is 0. The lowest BCUT2D eigenvalue weighted by Crippen LogP contribution is -2.50. The molecule has 3 heterocycles. The molecule has 0 aliphatic carbocycles. The van der Waals surface area contributed by atoms with Crippen molar-refractivity contribution in [1.29, 1.82) is 0 Å². The van der Waals surface area contributed by atoms with Crippen LogP contribution in [0.2, 0.25) is 0 Å². The van der Waals surface area contributed by atoms with Crippen LogP contribution in [0.4, 0.5) is 13.2 Å². The summed E-state index contributed by atoms with van der Waals surface area (Å²) >= 11 is 0. The molecule has 3 aliphatic heterocycles. The minimum Gasteiger partial charge on any atom is -0.452 e. The van der Waals surface area contributed by atoms with Crippen molar-refractivity contribution in [3.05, 3.63) is 76.7 Å². The average molecular weight is 373 g/mol. The number of nitrogens with zero attached hydrogens (tertiary/aromatic N) is 1. The molecule has 3 saturated heterocycles. The van der Waals surface area contributed by atoms with Crippen molar-refractivity contribution in [2.75, 3.05) is 13.1 Å². The second kappa shape index (κ2) is 7.10. The fourth-order valence-electron chi connectivity index (χ4n) is 3.83. The Bertz CT molecular complexity index is 884. The maximum atomic E-state index is 14.1. The molecule has 0 saturated carbocycles. The van der Waals surface area contributed by atoms with Gasteiger partial charge in [-0.25, -0.2) is 18.0 Å². The van der Waals surface area contributed by atoms with Gasteiger partial charge in [0.25, 0.3) is 0 Å². The molecule has 27 heavy (non-hydrogen) atoms. The van der Waals surface area contributed by atoms with Gasteiger partial charge in [0.05, 0.1) is 5.70 Å². The van der Waals surface area contributed by atoms with Crippen LogP contribution in [0.5, 0.6) is 0 Å². The predicted molar refractivity (Wildman–Crippen MR) is 94.2 cm³/mol. The number of carbonyl (C=O) groups is 1. The molecule has 2 bridgehead atoms. The molecule has 2 aromatic rings. The summed E-state index contributed by atoms with van der Waals surface area (Å²) in [4.78, 5) is 14.5. The van der Waals surface area contributed by atoms with Crippen LogP contribution < -0.4 is 0 Å². The van der Waals surface area contributed by atoms with E-state index in [1.54, 1.807) is 24.3 Å². The lowest BCUT2D eigenvalue weighted by atomic mass is 9.82. The third kappa shape index (κ3) is 3.31. The minimum absolute atomic E-state index is 0.0480. The molecular formula is C21H18F3NO2. The maximum absolute atomic E-state index is 14.1. The summed E-state index contributed by atoms with van der Waals surface area (Å²) in [6.45, 7) is 1.57. The van der Waals surface area contributed by atoms with Crippen LogP contribution >= 0.6 is 0 Å². The zero-order valence-electron chi connectivity index (χ0n) is 14.5. The van der Waals surface area contributed by atoms with Gasteiger partial charge in [0.2, 0.25) is 0 Å². The van der Waals surface area contributed by atoms with Crippen LogP contribution in [-0.4, -0.2) is 30.1 Å². The van der Waals surface area contributed by atoms with Gasteiger partial charge >= 0.3 is 5.97 Å². The Morgan fingerprint density at radius 3 is 2.26 bits per heavy atom. The molecule has 0 amide bonds. The second-order valence-corrected chi connectivity index (χ2v) is 6.84. The van der Waals surface area contributed by atoms with Gasteiger partial charge in [-0.1, -0.05) is 24.3 Å². The molecule has 3 nitrogen and oxygen atoms in total. The van der Waals surface area contributed by atoms with Crippen LogP contribution in [-0.2, 0) is 4.74 Å². The molecule has 0 radical (unpaired) electrons. The third-order valence-corrected chi connectivity index (χ3v) is 5.23. The van der Waals surface area contributed by atoms with Gasteiger partial charge in [-0.05, 0) is 37.1 Å². The van der Waals surface area contributed by atoms with Crippen molar-refractivity contribution in [1.82, 2.24) is 4.90 Å². The first-order valence-corrected chi connectivity index (χ1v) is 8.90. The van der Waals surface area contributed by atoms with Crippen molar-refractivity contribution in [3.8, 4) is 0 Å². The minimum atomic E-state index is -1.04. The molecule has 5 rings (SSSR count). The highest BCUT2D eigenvalue weighted by atomic mass is 19.1. The molecule has 3 aliphatic rings. The molecule has 3 fully saturated rings. The van der Waals surface area contributed by atoms with E-state index in [1.807, 2.05) is 4.90 Å². The number of benzene rings is 2. The van der Waals surface area contributed by atoms with Crippen molar-refractivity contribution >= 4 is 12.0 Å². The lowest BCUT2D eigenvalue weighted by Gasteiger charge is -2.47. The largest absolute Gasteiger partial charge is 0.452 e. The molecule has 140 valence electrons. The quantitative estimate of drug-likeness (QED) is 0.747. The first-order chi connectivity index (χ1) is 13.0. The molecule has 6 heteroatoms. The van der Waals surface area contributed by atoms with Gasteiger partial charge in [-0.15, -0.1) is 0 Å². The zero-order valence-corrected chi connectivity index (χ0v) is 14.5. The van der Waals surface area contributed by atoms with E-state index >= 15 is 0 Å². The summed E-state index contributed by atoms with van der Waals surface area (Å²) < 4.78 is 47.5. The van der Waals surface area contributed by atoms with Crippen molar-refractivity contribution in [2.45, 2.75) is 18.9 Å². The number of ether oxygens (including phenoxy) is 1. The molecular weight excluding hydrogens is 355 g/mol. The van der Waals surface area contributed by atoms with Gasteiger partial charge in [-0.3, -0.25) is 0 Å². The first-order valence-electron chi connectivity index (χ1n) is 8.90. The number of halogens is 3. The lowest BCUT2D eigenvalue weighted by molar-refractivity contribution is -0.0168. The number of hydrogen-bond donors (Lipinski definition) is 0. The fraction of sp³-hybridized carbons (Fsp3) is 0.286. The number of rotatable bonds is 3. The monoisotopic (exact) mass is 373 g/mol. The van der Waals surface area contributed by atoms with Crippen molar-refractivity contribution in [3.63, 3.8) is 0 Å². The summed E-state index contributed by atoms with van der Waals surface area (Å²) in [6.07, 6.45) is 2.63. The summed E-state index contributed by atoms with van der Waals surface area (Å²) in [7, 11) is 0. The number of esters is 1. The Balaban J connectivity index is 1.67. The van der Waals surface area contributed by atoms with E-state index in [4.69, 9.17) is 4.74 Å². The maximum Gasteiger partial charge on any atom is 0.344 e. The Hall–Kier alpha value is -2.76. The van der Waals surface area contributed by atoms with E-state index in [-0.39, 0.29) is 11.7 Å². The van der Waals surface area contributed by atoms with Crippen LogP contribution in [0.25, 0.3) is 6.08 Å². The Kier molecular flexibility index (Phi) is 4.64. The van der Waals surface area contributed by atoms with Gasteiger partial charge < -0.3 is 9.64 Å². The Labute approximate surface area is 155 Å². The Morgan fingerprint density at radius 1 is 0.963 bits per heavy atom. The predicted octanol–water partition coefficient (Wildman–Crippen LogP) is 4.40. The van der Waals surface area contributed by atoms with Gasteiger partial charge in [0.15, 0.2) is 0 Å². The standard InChI is InChI=1S/C21H18F3NO2/c22-15-5-2-1-4-14(15)12-18-20(13-8-10-25(18)11-9-13)27-21(26)19-16(23)6-3-7-17(19)24/h1-7,12-13,20H,8-11H2/b18-12-/t20-/m0/s1. The third-order valence-electron chi connectivity index (χ3n) is 5.23. The molecule has 0 N–H and O–H groups in total. The van der Waals surface area contributed by atoms with Crippen molar-refractivity contribution < 1.29 is 22.7 Å². The Morgan fingerprint density at radius 2 is 1.59 bits per heavy atom. The number of hydrogen-bond acceptors (Lipinski definition) is 3. The van der Waals surface area contributed by atoms with Crippen LogP contribution in [0.15, 0.2) is 48.2 Å². The van der Waals surface area contributed by atoms with E-state index in [0.717, 1.165) is 38.1 Å². The van der Waals surface area contributed by atoms with Crippen LogP contribution in [0.1, 0.15) is 28.8 Å². The van der Waals surface area contributed by atoms with E-state index < -0.39 is 29.3 Å². The van der Waals surface area contributed by atoms with Crippen LogP contribution in [0, 0.1) is 23.4 Å². The fourth-order valence-corrected chi connectivity index (χ4v) is 3.83.